The molecule has 0 spiro atoms. The third-order valence-electron chi connectivity index (χ3n) is 0.790. The third kappa shape index (κ3) is 3.89. The summed E-state index contributed by atoms with van der Waals surface area (Å²) in [6, 6.07) is 0. The van der Waals surface area contributed by atoms with E-state index in [1.165, 1.54) is 0 Å². The Bertz CT molecular complexity index is 80.6. The number of carboxylic acid groups (broad SMARTS) is 1. The van der Waals surface area contributed by atoms with Gasteiger partial charge in [0.1, 0.15) is 5.92 Å². The summed E-state index contributed by atoms with van der Waals surface area (Å²) in [7, 11) is 0. The SMILES string of the molecule is N.O=C(O)C(CO)CO. The van der Waals surface area contributed by atoms with Crippen LogP contribution in [0, 0.1) is 5.92 Å². The van der Waals surface area contributed by atoms with E-state index >= 15 is 0 Å². The Morgan fingerprint density at radius 3 is 1.67 bits per heavy atom. The Morgan fingerprint density at radius 2 is 1.67 bits per heavy atom. The van der Waals surface area contributed by atoms with Crippen molar-refractivity contribution in [2.24, 2.45) is 5.92 Å². The zero-order valence-electron chi connectivity index (χ0n) is 4.95. The minimum Gasteiger partial charge on any atom is -0.481 e. The lowest BCUT2D eigenvalue weighted by atomic mass is 10.2. The average molecular weight is 137 g/mol. The molecule has 0 aliphatic carbocycles. The summed E-state index contributed by atoms with van der Waals surface area (Å²) < 4.78 is 0. The Hall–Kier alpha value is -0.650. The monoisotopic (exact) mass is 137 g/mol. The van der Waals surface area contributed by atoms with Gasteiger partial charge in [0, 0.05) is 0 Å². The van der Waals surface area contributed by atoms with Gasteiger partial charge in [-0.3, -0.25) is 4.79 Å². The van der Waals surface area contributed by atoms with E-state index < -0.39 is 25.1 Å². The van der Waals surface area contributed by atoms with E-state index in [4.69, 9.17) is 15.3 Å². The molecule has 0 unspecified atom stereocenters. The topological polar surface area (TPSA) is 113 Å². The van der Waals surface area contributed by atoms with Gasteiger partial charge in [0.15, 0.2) is 0 Å². The number of aliphatic hydroxyl groups is 2. The minimum atomic E-state index is -1.17. The van der Waals surface area contributed by atoms with Gasteiger partial charge in [0.25, 0.3) is 0 Å². The number of aliphatic carboxylic acids is 1. The first-order chi connectivity index (χ1) is 3.72. The van der Waals surface area contributed by atoms with Crippen LogP contribution >= 0.6 is 0 Å². The van der Waals surface area contributed by atoms with Crippen LogP contribution in [0.3, 0.4) is 0 Å². The maximum atomic E-state index is 9.84. The second-order valence-electron chi connectivity index (χ2n) is 1.40. The highest BCUT2D eigenvalue weighted by atomic mass is 16.4. The molecule has 0 aliphatic rings. The molecular weight excluding hydrogens is 126 g/mol. The number of carboxylic acids is 1. The summed E-state index contributed by atoms with van der Waals surface area (Å²) in [4.78, 5) is 9.84. The van der Waals surface area contributed by atoms with Crippen molar-refractivity contribution in [2.75, 3.05) is 13.2 Å². The molecule has 0 aromatic rings. The molecular formula is C4H11NO4. The lowest BCUT2D eigenvalue weighted by Crippen LogP contribution is -2.21. The quantitative estimate of drug-likeness (QED) is 0.391. The normalized spacial score (nSPS) is 8.78. The van der Waals surface area contributed by atoms with Crippen molar-refractivity contribution in [1.82, 2.24) is 6.15 Å². The smallest absolute Gasteiger partial charge is 0.311 e. The molecule has 5 nitrogen and oxygen atoms in total. The molecule has 0 rings (SSSR count). The second kappa shape index (κ2) is 5.49. The molecule has 0 bridgehead atoms. The van der Waals surface area contributed by atoms with Gasteiger partial charge in [-0.15, -0.1) is 0 Å². The van der Waals surface area contributed by atoms with E-state index in [0.717, 1.165) is 0 Å². The summed E-state index contributed by atoms with van der Waals surface area (Å²) in [5.74, 6) is -2.19. The Labute approximate surface area is 52.5 Å². The van der Waals surface area contributed by atoms with Gasteiger partial charge in [-0.25, -0.2) is 0 Å². The van der Waals surface area contributed by atoms with Crippen molar-refractivity contribution in [3.63, 3.8) is 0 Å². The van der Waals surface area contributed by atoms with E-state index in [9.17, 15) is 4.79 Å². The van der Waals surface area contributed by atoms with Crippen LogP contribution in [-0.4, -0.2) is 34.5 Å². The van der Waals surface area contributed by atoms with Crippen LogP contribution in [-0.2, 0) is 4.79 Å². The molecule has 0 amide bonds. The van der Waals surface area contributed by atoms with Gasteiger partial charge >= 0.3 is 5.97 Å². The van der Waals surface area contributed by atoms with E-state index in [1.54, 1.807) is 0 Å². The fraction of sp³-hybridized carbons (Fsp3) is 0.750. The van der Waals surface area contributed by atoms with E-state index in [0.29, 0.717) is 0 Å². The van der Waals surface area contributed by atoms with Gasteiger partial charge < -0.3 is 21.5 Å². The van der Waals surface area contributed by atoms with Crippen molar-refractivity contribution in [1.29, 1.82) is 0 Å². The maximum absolute atomic E-state index is 9.84. The molecule has 0 aromatic carbocycles. The van der Waals surface area contributed by atoms with E-state index in [2.05, 4.69) is 0 Å². The third-order valence-corrected chi connectivity index (χ3v) is 0.790. The Balaban J connectivity index is 0. The predicted molar refractivity (Wildman–Crippen MR) is 30.3 cm³/mol. The molecule has 0 aliphatic heterocycles. The summed E-state index contributed by atoms with van der Waals surface area (Å²) in [5, 5.41) is 24.4. The molecule has 56 valence electrons. The van der Waals surface area contributed by atoms with Gasteiger partial charge in [0.05, 0.1) is 13.2 Å². The van der Waals surface area contributed by atoms with Crippen LogP contribution in [0.25, 0.3) is 0 Å². The predicted octanol–water partition coefficient (Wildman–Crippen LogP) is -1.17. The maximum Gasteiger partial charge on any atom is 0.311 e. The number of hydrogen-bond acceptors (Lipinski definition) is 4. The summed E-state index contributed by atoms with van der Waals surface area (Å²) in [6.07, 6.45) is 0. The van der Waals surface area contributed by atoms with Crippen molar-refractivity contribution in [2.45, 2.75) is 0 Å². The minimum absolute atomic E-state index is 0. The highest BCUT2D eigenvalue weighted by Gasteiger charge is 2.13. The number of aliphatic hydroxyl groups excluding tert-OH is 2. The van der Waals surface area contributed by atoms with Crippen molar-refractivity contribution < 1.29 is 20.1 Å². The van der Waals surface area contributed by atoms with Crippen LogP contribution in [0.1, 0.15) is 0 Å². The molecule has 0 fully saturated rings. The first-order valence-corrected chi connectivity index (χ1v) is 2.17. The van der Waals surface area contributed by atoms with Gasteiger partial charge in [0.2, 0.25) is 0 Å². The van der Waals surface area contributed by atoms with Crippen LogP contribution in [0.5, 0.6) is 0 Å². The average Bonchev–Trinajstić information content (AvgIpc) is 1.69. The van der Waals surface area contributed by atoms with Crippen LogP contribution < -0.4 is 6.15 Å². The molecule has 0 saturated carbocycles. The fourth-order valence-corrected chi connectivity index (χ4v) is 0.214. The van der Waals surface area contributed by atoms with Crippen LogP contribution in [0.4, 0.5) is 0 Å². The number of rotatable bonds is 3. The molecule has 0 saturated heterocycles. The van der Waals surface area contributed by atoms with Crippen LogP contribution in [0.15, 0.2) is 0 Å². The number of carbonyl (C=O) groups is 1. The fourth-order valence-electron chi connectivity index (χ4n) is 0.214. The molecule has 6 N–H and O–H groups in total. The lowest BCUT2D eigenvalue weighted by molar-refractivity contribution is -0.144. The standard InChI is InChI=1S/C4H8O4.H3N/c5-1-3(2-6)4(7)8;/h3,5-6H,1-2H2,(H,7,8);1H3. The Morgan fingerprint density at radius 1 is 1.33 bits per heavy atom. The lowest BCUT2D eigenvalue weighted by Gasteiger charge is -2.01. The molecule has 5 heteroatoms. The summed E-state index contributed by atoms with van der Waals surface area (Å²) in [5.41, 5.74) is 0. The summed E-state index contributed by atoms with van der Waals surface area (Å²) >= 11 is 0. The van der Waals surface area contributed by atoms with Crippen LogP contribution in [0.2, 0.25) is 0 Å². The zero-order chi connectivity index (χ0) is 6.57. The van der Waals surface area contributed by atoms with E-state index in [1.807, 2.05) is 0 Å². The number of hydrogen-bond donors (Lipinski definition) is 4. The van der Waals surface area contributed by atoms with Crippen molar-refractivity contribution in [3.05, 3.63) is 0 Å². The molecule has 0 heterocycles. The molecule has 0 radical (unpaired) electrons. The van der Waals surface area contributed by atoms with Gasteiger partial charge in [-0.1, -0.05) is 0 Å². The van der Waals surface area contributed by atoms with E-state index in [-0.39, 0.29) is 6.15 Å². The first-order valence-electron chi connectivity index (χ1n) is 2.17. The largest absolute Gasteiger partial charge is 0.481 e. The highest BCUT2D eigenvalue weighted by Crippen LogP contribution is 1.90. The Kier molecular flexibility index (Phi) is 6.82. The molecule has 9 heavy (non-hydrogen) atoms. The van der Waals surface area contributed by atoms with Crippen molar-refractivity contribution >= 4 is 5.97 Å². The second-order valence-corrected chi connectivity index (χ2v) is 1.40. The first kappa shape index (κ1) is 11.2. The summed E-state index contributed by atoms with van der Waals surface area (Å²) in [6.45, 7) is -1.02. The van der Waals surface area contributed by atoms with Crippen molar-refractivity contribution in [3.8, 4) is 0 Å². The molecule has 0 atom stereocenters. The van der Waals surface area contributed by atoms with Gasteiger partial charge in [-0.2, -0.15) is 0 Å². The highest BCUT2D eigenvalue weighted by molar-refractivity contribution is 5.70. The zero-order valence-corrected chi connectivity index (χ0v) is 4.95. The van der Waals surface area contributed by atoms with Gasteiger partial charge in [-0.05, 0) is 0 Å². The molecule has 0 aromatic heterocycles.